The average Bonchev–Trinajstić information content (AvgIpc) is 2.62. The number of carbonyl (C=O) groups excluding carboxylic acids is 1. The summed E-state index contributed by atoms with van der Waals surface area (Å²) >= 11 is 0. The van der Waals surface area contributed by atoms with Crippen molar-refractivity contribution in [2.24, 2.45) is 0 Å². The van der Waals surface area contributed by atoms with Gasteiger partial charge in [-0.25, -0.2) is 4.39 Å². The van der Waals surface area contributed by atoms with E-state index in [0.717, 1.165) is 0 Å². The maximum atomic E-state index is 13.5. The molecule has 3 rings (SSSR count). The molecule has 0 N–H and O–H groups in total. The second-order valence-electron chi connectivity index (χ2n) is 5.18. The summed E-state index contributed by atoms with van der Waals surface area (Å²) in [5, 5.41) is 0. The highest BCUT2D eigenvalue weighted by atomic mass is 19.1. The van der Waals surface area contributed by atoms with Gasteiger partial charge in [0.2, 0.25) is 0 Å². The predicted molar refractivity (Wildman–Crippen MR) is 82.9 cm³/mol. The van der Waals surface area contributed by atoms with E-state index >= 15 is 0 Å². The van der Waals surface area contributed by atoms with Crippen LogP contribution in [0, 0.1) is 5.82 Å². The van der Waals surface area contributed by atoms with Gasteiger partial charge in [-0.2, -0.15) is 0 Å². The zero-order valence-corrected chi connectivity index (χ0v) is 12.8. The third kappa shape index (κ3) is 3.32. The normalized spacial score (nSPS) is 14.6. The molecule has 2 aromatic rings. The molecule has 120 valence electrons. The van der Waals surface area contributed by atoms with Gasteiger partial charge in [-0.1, -0.05) is 0 Å². The lowest BCUT2D eigenvalue weighted by Gasteiger charge is -2.26. The quantitative estimate of drug-likeness (QED) is 0.872. The van der Waals surface area contributed by atoms with E-state index in [0.29, 0.717) is 48.9 Å². The smallest absolute Gasteiger partial charge is 0.254 e. The zero-order valence-electron chi connectivity index (χ0n) is 12.8. The number of benzene rings is 1. The maximum absolute atomic E-state index is 13.5. The van der Waals surface area contributed by atoms with Crippen LogP contribution in [0.2, 0.25) is 0 Å². The van der Waals surface area contributed by atoms with E-state index in [4.69, 9.17) is 9.47 Å². The van der Waals surface area contributed by atoms with Crippen LogP contribution in [0.15, 0.2) is 36.5 Å². The van der Waals surface area contributed by atoms with E-state index in [9.17, 15) is 9.18 Å². The SMILES string of the molecule is COc1ccc(F)cc1-c1cc(C(=O)N2CCOCC2)ccn1. The summed E-state index contributed by atoms with van der Waals surface area (Å²) in [5.74, 6) is 0.0506. The topological polar surface area (TPSA) is 51.7 Å². The number of methoxy groups -OCH3 is 1. The van der Waals surface area contributed by atoms with Crippen molar-refractivity contribution < 1.29 is 18.7 Å². The van der Waals surface area contributed by atoms with Crippen LogP contribution in [0.25, 0.3) is 11.3 Å². The number of hydrogen-bond donors (Lipinski definition) is 0. The van der Waals surface area contributed by atoms with Crippen molar-refractivity contribution >= 4 is 5.91 Å². The highest BCUT2D eigenvalue weighted by Crippen LogP contribution is 2.29. The van der Waals surface area contributed by atoms with Gasteiger partial charge in [0.05, 0.1) is 26.0 Å². The Labute approximate surface area is 133 Å². The van der Waals surface area contributed by atoms with E-state index in [1.54, 1.807) is 29.3 Å². The highest BCUT2D eigenvalue weighted by Gasteiger charge is 2.19. The molecule has 2 heterocycles. The number of nitrogens with zero attached hydrogens (tertiary/aromatic N) is 2. The molecular weight excluding hydrogens is 299 g/mol. The Morgan fingerprint density at radius 1 is 1.26 bits per heavy atom. The molecule has 0 aliphatic carbocycles. The molecule has 0 unspecified atom stereocenters. The fourth-order valence-corrected chi connectivity index (χ4v) is 2.54. The number of rotatable bonds is 3. The summed E-state index contributed by atoms with van der Waals surface area (Å²) in [6.07, 6.45) is 1.55. The number of morpholine rings is 1. The predicted octanol–water partition coefficient (Wildman–Crippen LogP) is 2.37. The van der Waals surface area contributed by atoms with Crippen LogP contribution >= 0.6 is 0 Å². The molecule has 6 heteroatoms. The summed E-state index contributed by atoms with van der Waals surface area (Å²) in [5.41, 5.74) is 1.54. The third-order valence-electron chi connectivity index (χ3n) is 3.74. The second kappa shape index (κ2) is 6.75. The van der Waals surface area contributed by atoms with Gasteiger partial charge < -0.3 is 14.4 Å². The van der Waals surface area contributed by atoms with Crippen LogP contribution in [0.5, 0.6) is 5.75 Å². The number of ether oxygens (including phenoxy) is 2. The van der Waals surface area contributed by atoms with Gasteiger partial charge in [-0.05, 0) is 30.3 Å². The van der Waals surface area contributed by atoms with Gasteiger partial charge in [-0.3, -0.25) is 9.78 Å². The molecule has 0 bridgehead atoms. The van der Waals surface area contributed by atoms with Crippen molar-refractivity contribution in [3.63, 3.8) is 0 Å². The van der Waals surface area contributed by atoms with E-state index in [1.807, 2.05) is 0 Å². The minimum absolute atomic E-state index is 0.0766. The molecule has 1 aromatic heterocycles. The number of pyridine rings is 1. The van der Waals surface area contributed by atoms with Crippen molar-refractivity contribution in [2.45, 2.75) is 0 Å². The standard InChI is InChI=1S/C17H17FN2O3/c1-22-16-3-2-13(18)11-14(16)15-10-12(4-5-19-15)17(21)20-6-8-23-9-7-20/h2-5,10-11H,6-9H2,1H3. The number of aromatic nitrogens is 1. The Kier molecular flexibility index (Phi) is 4.52. The Bertz CT molecular complexity index is 715. The first-order valence-electron chi connectivity index (χ1n) is 7.36. The van der Waals surface area contributed by atoms with Crippen LogP contribution < -0.4 is 4.74 Å². The molecule has 1 amide bonds. The largest absolute Gasteiger partial charge is 0.496 e. The minimum atomic E-state index is -0.382. The van der Waals surface area contributed by atoms with Crippen LogP contribution in [0.3, 0.4) is 0 Å². The van der Waals surface area contributed by atoms with Crippen LogP contribution in [-0.2, 0) is 4.74 Å². The molecule has 23 heavy (non-hydrogen) atoms. The van der Waals surface area contributed by atoms with Gasteiger partial charge >= 0.3 is 0 Å². The number of hydrogen-bond acceptors (Lipinski definition) is 4. The summed E-state index contributed by atoms with van der Waals surface area (Å²) in [4.78, 5) is 18.5. The summed E-state index contributed by atoms with van der Waals surface area (Å²) in [6, 6.07) is 7.54. The van der Waals surface area contributed by atoms with Crippen molar-refractivity contribution in [1.82, 2.24) is 9.88 Å². The first-order valence-corrected chi connectivity index (χ1v) is 7.36. The van der Waals surface area contributed by atoms with Gasteiger partial charge in [0, 0.05) is 30.4 Å². The maximum Gasteiger partial charge on any atom is 0.254 e. The molecule has 5 nitrogen and oxygen atoms in total. The van der Waals surface area contributed by atoms with E-state index in [-0.39, 0.29) is 11.7 Å². The summed E-state index contributed by atoms with van der Waals surface area (Å²) in [7, 11) is 1.51. The highest BCUT2D eigenvalue weighted by molar-refractivity contribution is 5.95. The number of carbonyl (C=O) groups is 1. The van der Waals surface area contributed by atoms with E-state index < -0.39 is 0 Å². The molecule has 1 aliphatic heterocycles. The van der Waals surface area contributed by atoms with Gasteiger partial charge in [0.25, 0.3) is 5.91 Å². The third-order valence-corrected chi connectivity index (χ3v) is 3.74. The molecule has 0 spiro atoms. The molecule has 1 fully saturated rings. The molecule has 1 aliphatic rings. The summed E-state index contributed by atoms with van der Waals surface area (Å²) < 4.78 is 24.1. The molecule has 0 radical (unpaired) electrons. The van der Waals surface area contributed by atoms with Crippen molar-refractivity contribution in [3.05, 3.63) is 47.9 Å². The molecule has 1 aromatic carbocycles. The first kappa shape index (κ1) is 15.4. The lowest BCUT2D eigenvalue weighted by atomic mass is 10.1. The Hall–Kier alpha value is -2.47. The molecular formula is C17H17FN2O3. The van der Waals surface area contributed by atoms with Crippen LogP contribution in [0.4, 0.5) is 4.39 Å². The lowest BCUT2D eigenvalue weighted by Crippen LogP contribution is -2.40. The molecule has 0 saturated carbocycles. The van der Waals surface area contributed by atoms with Gasteiger partial charge in [0.15, 0.2) is 0 Å². The molecule has 0 atom stereocenters. The first-order chi connectivity index (χ1) is 11.2. The Morgan fingerprint density at radius 2 is 2.04 bits per heavy atom. The second-order valence-corrected chi connectivity index (χ2v) is 5.18. The summed E-state index contributed by atoms with van der Waals surface area (Å²) in [6.45, 7) is 2.22. The minimum Gasteiger partial charge on any atom is -0.496 e. The number of amides is 1. The fourth-order valence-electron chi connectivity index (χ4n) is 2.54. The molecule has 1 saturated heterocycles. The van der Waals surface area contributed by atoms with Crippen LogP contribution in [-0.4, -0.2) is 49.2 Å². The van der Waals surface area contributed by atoms with Crippen molar-refractivity contribution in [1.29, 1.82) is 0 Å². The Morgan fingerprint density at radius 3 is 2.78 bits per heavy atom. The average molecular weight is 316 g/mol. The van der Waals surface area contributed by atoms with Gasteiger partial charge in [0.1, 0.15) is 11.6 Å². The van der Waals surface area contributed by atoms with E-state index in [1.165, 1.54) is 19.2 Å². The van der Waals surface area contributed by atoms with Crippen LogP contribution in [0.1, 0.15) is 10.4 Å². The van der Waals surface area contributed by atoms with E-state index in [2.05, 4.69) is 4.98 Å². The number of halogens is 1. The van der Waals surface area contributed by atoms with Crippen molar-refractivity contribution in [3.8, 4) is 17.0 Å². The zero-order chi connectivity index (χ0) is 16.2. The van der Waals surface area contributed by atoms with Gasteiger partial charge in [-0.15, -0.1) is 0 Å². The monoisotopic (exact) mass is 316 g/mol. The fraction of sp³-hybridized carbons (Fsp3) is 0.294. The Balaban J connectivity index is 1.93. The lowest BCUT2D eigenvalue weighted by molar-refractivity contribution is 0.0303. The van der Waals surface area contributed by atoms with Crippen molar-refractivity contribution in [2.75, 3.05) is 33.4 Å².